The Morgan fingerprint density at radius 1 is 1.00 bits per heavy atom. The van der Waals surface area contributed by atoms with Crippen LogP contribution >= 0.6 is 19.2 Å². The summed E-state index contributed by atoms with van der Waals surface area (Å²) in [5.74, 6) is 2.82. The molecule has 1 saturated heterocycles. The third kappa shape index (κ3) is 11.5. The van der Waals surface area contributed by atoms with Gasteiger partial charge >= 0.3 is 13.6 Å². The molecule has 1 aromatic carbocycles. The van der Waals surface area contributed by atoms with Gasteiger partial charge in [0.05, 0.1) is 71.5 Å². The molecule has 4 N–H and O–H groups in total. The Kier molecular flexibility index (Phi) is 15.4. The lowest BCUT2D eigenvalue weighted by Crippen LogP contribution is -2.34. The summed E-state index contributed by atoms with van der Waals surface area (Å²) in [7, 11) is -3.03. The third-order valence-corrected chi connectivity index (χ3v) is 8.03. The molecular formula is C30H41ClN5O12P. The lowest BCUT2D eigenvalue weighted by Gasteiger charge is -2.25. The van der Waals surface area contributed by atoms with Gasteiger partial charge in [0.1, 0.15) is 37.1 Å². The van der Waals surface area contributed by atoms with Crippen LogP contribution in [0.1, 0.15) is 11.8 Å². The topological polar surface area (TPSA) is 209 Å². The summed E-state index contributed by atoms with van der Waals surface area (Å²) >= 11 is 6.52. The summed E-state index contributed by atoms with van der Waals surface area (Å²) < 4.78 is 50.7. The molecule has 0 aliphatic carbocycles. The van der Waals surface area contributed by atoms with Crippen molar-refractivity contribution >= 4 is 36.0 Å². The van der Waals surface area contributed by atoms with E-state index in [4.69, 9.17) is 61.0 Å². The third-order valence-electron chi connectivity index (χ3n) is 7.14. The van der Waals surface area contributed by atoms with Gasteiger partial charge in [-0.3, -0.25) is 4.57 Å². The summed E-state index contributed by atoms with van der Waals surface area (Å²) in [5.41, 5.74) is 1.06. The smallest absolute Gasteiger partial charge is 0.350 e. The second-order valence-electron chi connectivity index (χ2n) is 10.7. The Labute approximate surface area is 288 Å². The monoisotopic (exact) mass is 729 g/mol. The first-order valence-corrected chi connectivity index (χ1v) is 17.5. The highest BCUT2D eigenvalue weighted by molar-refractivity contribution is 7.51. The maximum Gasteiger partial charge on any atom is 0.350 e. The number of halogens is 1. The summed E-state index contributed by atoms with van der Waals surface area (Å²) in [6, 6.07) is 7.39. The van der Waals surface area contributed by atoms with Crippen LogP contribution in [0, 0.1) is 12.3 Å². The number of fused-ring (bicyclic) bond motifs is 1. The summed E-state index contributed by atoms with van der Waals surface area (Å²) in [6.45, 7) is 3.23. The van der Waals surface area contributed by atoms with Gasteiger partial charge in [-0.05, 0) is 11.6 Å². The van der Waals surface area contributed by atoms with Gasteiger partial charge in [0.15, 0.2) is 11.9 Å². The molecule has 17 nitrogen and oxygen atoms in total. The quantitative estimate of drug-likeness (QED) is 0.0645. The summed E-state index contributed by atoms with van der Waals surface area (Å²) in [5, 5.41) is 26.9. The molecule has 4 rings (SSSR count). The molecule has 0 bridgehead atoms. The normalized spacial score (nSPS) is 19.4. The fraction of sp³-hybridized carbons (Fsp3) is 0.567. The minimum absolute atomic E-state index is 0.00196. The lowest BCUT2D eigenvalue weighted by atomic mass is 10.1. The molecule has 49 heavy (non-hydrogen) atoms. The van der Waals surface area contributed by atoms with E-state index in [0.717, 1.165) is 5.56 Å². The number of nitrogens with zero attached hydrogens (tertiary/aromatic N) is 5. The zero-order valence-electron chi connectivity index (χ0n) is 26.9. The first-order valence-electron chi connectivity index (χ1n) is 15.3. The highest BCUT2D eigenvalue weighted by Crippen LogP contribution is 2.37. The number of methoxy groups -OCH3 is 1. The fourth-order valence-corrected chi connectivity index (χ4v) is 5.36. The van der Waals surface area contributed by atoms with Crippen molar-refractivity contribution in [3.63, 3.8) is 0 Å². The van der Waals surface area contributed by atoms with Crippen molar-refractivity contribution in [1.29, 1.82) is 0 Å². The summed E-state index contributed by atoms with van der Waals surface area (Å²) in [6.07, 6.45) is 0.548. The molecular weight excluding hydrogens is 689 g/mol. The predicted molar refractivity (Wildman–Crippen MR) is 175 cm³/mol. The molecule has 1 unspecified atom stereocenters. The number of rotatable bonds is 22. The highest BCUT2D eigenvalue weighted by atomic mass is 35.5. The van der Waals surface area contributed by atoms with Crippen LogP contribution in [0.25, 0.3) is 11.0 Å². The number of ether oxygens (including phenoxy) is 7. The maximum atomic E-state index is 11.2. The van der Waals surface area contributed by atoms with E-state index in [2.05, 4.69) is 21.0 Å². The number of benzene rings is 1. The Balaban J connectivity index is 1.45. The Morgan fingerprint density at radius 3 is 2.33 bits per heavy atom. The highest BCUT2D eigenvalue weighted by Gasteiger charge is 2.45. The number of terminal acetylenes is 1. The second-order valence-corrected chi connectivity index (χ2v) is 12.7. The van der Waals surface area contributed by atoms with Crippen LogP contribution in [-0.4, -0.2) is 138 Å². The number of aliphatic hydroxyl groups excluding tert-OH is 2. The number of aromatic nitrogens is 4. The van der Waals surface area contributed by atoms with Gasteiger partial charge in [-0.2, -0.15) is 15.1 Å². The molecule has 4 atom stereocenters. The summed E-state index contributed by atoms with van der Waals surface area (Å²) in [4.78, 5) is 29.1. The lowest BCUT2D eigenvalue weighted by molar-refractivity contribution is -0.0659. The van der Waals surface area contributed by atoms with Gasteiger partial charge in [-0.15, -0.1) is 6.42 Å². The van der Waals surface area contributed by atoms with Crippen LogP contribution in [0.5, 0.6) is 6.01 Å². The average Bonchev–Trinajstić information content (AvgIpc) is 3.62. The average molecular weight is 730 g/mol. The molecule has 1 aliphatic rings. The Morgan fingerprint density at radius 2 is 1.67 bits per heavy atom. The first-order chi connectivity index (χ1) is 23.6. The maximum absolute atomic E-state index is 11.2. The van der Waals surface area contributed by atoms with Crippen molar-refractivity contribution < 1.29 is 57.7 Å². The zero-order valence-corrected chi connectivity index (χ0v) is 28.5. The molecule has 1 aliphatic heterocycles. The van der Waals surface area contributed by atoms with Crippen molar-refractivity contribution in [2.75, 3.05) is 84.4 Å². The molecule has 0 amide bonds. The SMILES string of the molecule is C#CCOCCOCCOCCOCCN(Cc1ccccc1Cl)c1nc(OC)nc2c1cnn2[C@@H]1OC(COCP(=O)(O)O)[C@@H](O)[C@H]1O. The minimum Gasteiger partial charge on any atom is -0.467 e. The number of hydrogen-bond donors (Lipinski definition) is 4. The molecule has 0 spiro atoms. The van der Waals surface area contributed by atoms with Crippen LogP contribution in [0.3, 0.4) is 0 Å². The van der Waals surface area contributed by atoms with Crippen LogP contribution in [0.4, 0.5) is 5.82 Å². The molecule has 0 saturated carbocycles. The fourth-order valence-electron chi connectivity index (χ4n) is 4.82. The van der Waals surface area contributed by atoms with E-state index in [9.17, 15) is 14.8 Å². The molecule has 0 radical (unpaired) electrons. The predicted octanol–water partition coefficient (Wildman–Crippen LogP) is 0.966. The molecule has 1 fully saturated rings. The van der Waals surface area contributed by atoms with E-state index >= 15 is 0 Å². The van der Waals surface area contributed by atoms with Crippen molar-refractivity contribution in [3.8, 4) is 18.4 Å². The molecule has 2 aromatic heterocycles. The van der Waals surface area contributed by atoms with Gasteiger partial charge in [-0.25, -0.2) is 4.68 Å². The van der Waals surface area contributed by atoms with Crippen LogP contribution in [0.15, 0.2) is 30.5 Å². The van der Waals surface area contributed by atoms with Crippen molar-refractivity contribution in [2.45, 2.75) is 31.1 Å². The van der Waals surface area contributed by atoms with E-state index in [1.807, 2.05) is 23.1 Å². The van der Waals surface area contributed by atoms with Gasteiger partial charge in [0, 0.05) is 18.1 Å². The van der Waals surface area contributed by atoms with E-state index in [1.54, 1.807) is 6.07 Å². The number of hydrogen-bond acceptors (Lipinski definition) is 14. The Hall–Kier alpha value is -2.95. The number of aliphatic hydroxyl groups is 2. The number of anilines is 1. The van der Waals surface area contributed by atoms with E-state index in [1.165, 1.54) is 18.0 Å². The molecule has 3 aromatic rings. The van der Waals surface area contributed by atoms with Crippen molar-refractivity contribution in [1.82, 2.24) is 19.7 Å². The molecule has 270 valence electrons. The molecule has 3 heterocycles. The second kappa shape index (κ2) is 19.4. The zero-order chi connectivity index (χ0) is 35.2. The largest absolute Gasteiger partial charge is 0.467 e. The molecule has 19 heteroatoms. The van der Waals surface area contributed by atoms with Gasteiger partial charge in [0.2, 0.25) is 0 Å². The first kappa shape index (κ1) is 38.8. The minimum atomic E-state index is -4.44. The van der Waals surface area contributed by atoms with Crippen molar-refractivity contribution in [3.05, 3.63) is 41.0 Å². The van der Waals surface area contributed by atoms with Gasteiger partial charge in [-0.1, -0.05) is 35.7 Å². The van der Waals surface area contributed by atoms with Crippen LogP contribution in [-0.2, 0) is 39.5 Å². The van der Waals surface area contributed by atoms with Crippen molar-refractivity contribution in [2.24, 2.45) is 0 Å². The van der Waals surface area contributed by atoms with Crippen LogP contribution < -0.4 is 9.64 Å². The van der Waals surface area contributed by atoms with Crippen LogP contribution in [0.2, 0.25) is 5.02 Å². The Bertz CT molecular complexity index is 1560. The van der Waals surface area contributed by atoms with E-state index in [-0.39, 0.29) is 24.9 Å². The van der Waals surface area contributed by atoms with E-state index < -0.39 is 38.5 Å². The van der Waals surface area contributed by atoms with Gasteiger partial charge < -0.3 is 58.1 Å². The standard InChI is InChI=1S/C30H41ClN5O12P/c1-3-9-43-11-13-45-15-16-46-14-12-44-10-8-35(18-21-6-4-5-7-23(21)31)27-22-17-32-36(28(22)34-30(33-27)42-2)29-26(38)25(37)24(48-29)19-47-20-49(39,40)41/h1,4-7,17,24-26,29,37-38H,8-16,18-20H2,2H3,(H2,39,40,41)/t24?,25-,26-,29-/m1/s1. The van der Waals surface area contributed by atoms with E-state index in [0.29, 0.717) is 75.6 Å². The van der Waals surface area contributed by atoms with Gasteiger partial charge in [0.25, 0.3) is 0 Å².